The molecule has 0 bridgehead atoms. The first-order valence-electron chi connectivity index (χ1n) is 6.69. The van der Waals surface area contributed by atoms with Crippen LogP contribution >= 0.6 is 23.1 Å². The van der Waals surface area contributed by atoms with Gasteiger partial charge in [0.25, 0.3) is 0 Å². The third-order valence-corrected chi connectivity index (χ3v) is 5.72. The van der Waals surface area contributed by atoms with Crippen LogP contribution in [0, 0.1) is 0 Å². The second-order valence-electron chi connectivity index (χ2n) is 4.83. The molecule has 2 aromatic rings. The Labute approximate surface area is 126 Å². The molecule has 0 spiro atoms. The van der Waals surface area contributed by atoms with E-state index in [1.54, 1.807) is 0 Å². The Bertz CT molecular complexity index is 755. The molecule has 0 unspecified atom stereocenters. The standard InChI is InChI=1S/C16H14N2S2/c1-2-5-14-15(18-9-8-17-16(18)20-14)12-10-19-13-7-4-3-6-11(12)13/h2-4,6-7,10H,1,5,8-9H2. The van der Waals surface area contributed by atoms with Gasteiger partial charge in [0.05, 0.1) is 12.2 Å². The highest BCUT2D eigenvalue weighted by atomic mass is 32.2. The van der Waals surface area contributed by atoms with Crippen molar-refractivity contribution in [1.82, 2.24) is 4.90 Å². The molecule has 0 aliphatic carbocycles. The van der Waals surface area contributed by atoms with Crippen LogP contribution in [0.25, 0.3) is 15.8 Å². The molecule has 0 saturated heterocycles. The minimum atomic E-state index is 0.912. The predicted octanol–water partition coefficient (Wildman–Crippen LogP) is 4.56. The number of benzene rings is 1. The maximum absolute atomic E-state index is 4.60. The maximum Gasteiger partial charge on any atom is 0.168 e. The van der Waals surface area contributed by atoms with Crippen LogP contribution < -0.4 is 0 Å². The number of aliphatic imine (C=N–C) groups is 1. The van der Waals surface area contributed by atoms with Crippen LogP contribution in [0.15, 0.2) is 52.2 Å². The van der Waals surface area contributed by atoms with Gasteiger partial charge in [0.2, 0.25) is 0 Å². The highest BCUT2D eigenvalue weighted by Crippen LogP contribution is 2.46. The number of hydrogen-bond acceptors (Lipinski definition) is 4. The second kappa shape index (κ2) is 4.79. The van der Waals surface area contributed by atoms with Gasteiger partial charge >= 0.3 is 0 Å². The molecule has 1 aromatic heterocycles. The molecular weight excluding hydrogens is 284 g/mol. The van der Waals surface area contributed by atoms with E-state index in [4.69, 9.17) is 0 Å². The van der Waals surface area contributed by atoms with Gasteiger partial charge in [0.1, 0.15) is 0 Å². The minimum absolute atomic E-state index is 0.912. The van der Waals surface area contributed by atoms with Crippen molar-refractivity contribution in [3.8, 4) is 0 Å². The number of nitrogens with zero attached hydrogens (tertiary/aromatic N) is 2. The fourth-order valence-electron chi connectivity index (χ4n) is 2.76. The molecule has 2 nitrogen and oxygen atoms in total. The lowest BCUT2D eigenvalue weighted by molar-refractivity contribution is 0.648. The smallest absolute Gasteiger partial charge is 0.168 e. The number of fused-ring (bicyclic) bond motifs is 2. The van der Waals surface area contributed by atoms with Crippen molar-refractivity contribution in [2.45, 2.75) is 6.42 Å². The van der Waals surface area contributed by atoms with E-state index >= 15 is 0 Å². The number of hydrogen-bond donors (Lipinski definition) is 0. The van der Waals surface area contributed by atoms with Gasteiger partial charge in [-0.2, -0.15) is 0 Å². The van der Waals surface area contributed by atoms with E-state index in [0.29, 0.717) is 0 Å². The summed E-state index contributed by atoms with van der Waals surface area (Å²) in [6.07, 6.45) is 2.90. The van der Waals surface area contributed by atoms with Gasteiger partial charge in [0, 0.05) is 32.5 Å². The minimum Gasteiger partial charge on any atom is -0.318 e. The molecule has 1 aromatic carbocycles. The molecule has 0 amide bonds. The summed E-state index contributed by atoms with van der Waals surface area (Å²) in [7, 11) is 0. The van der Waals surface area contributed by atoms with Crippen LogP contribution in [-0.2, 0) is 0 Å². The van der Waals surface area contributed by atoms with E-state index in [0.717, 1.165) is 24.7 Å². The molecule has 20 heavy (non-hydrogen) atoms. The molecule has 4 heteroatoms. The number of thioether (sulfide) groups is 1. The molecule has 3 heterocycles. The van der Waals surface area contributed by atoms with E-state index in [2.05, 4.69) is 46.1 Å². The van der Waals surface area contributed by atoms with Crippen molar-refractivity contribution in [1.29, 1.82) is 0 Å². The molecule has 2 aliphatic rings. The summed E-state index contributed by atoms with van der Waals surface area (Å²) in [4.78, 5) is 8.35. The summed E-state index contributed by atoms with van der Waals surface area (Å²) in [6, 6.07) is 8.63. The number of thiophene rings is 1. The molecule has 0 N–H and O–H groups in total. The summed E-state index contributed by atoms with van der Waals surface area (Å²) in [5.41, 5.74) is 2.70. The van der Waals surface area contributed by atoms with Crippen molar-refractivity contribution >= 4 is 44.0 Å². The third kappa shape index (κ3) is 1.75. The molecule has 0 atom stereocenters. The van der Waals surface area contributed by atoms with Crippen molar-refractivity contribution in [2.75, 3.05) is 13.1 Å². The predicted molar refractivity (Wildman–Crippen MR) is 90.2 cm³/mol. The maximum atomic E-state index is 4.60. The highest BCUT2D eigenvalue weighted by Gasteiger charge is 2.33. The fourth-order valence-corrected chi connectivity index (χ4v) is 4.89. The lowest BCUT2D eigenvalue weighted by atomic mass is 10.1. The highest BCUT2D eigenvalue weighted by molar-refractivity contribution is 8.17. The zero-order valence-electron chi connectivity index (χ0n) is 11.0. The Morgan fingerprint density at radius 1 is 1.35 bits per heavy atom. The largest absolute Gasteiger partial charge is 0.318 e. The van der Waals surface area contributed by atoms with Crippen LogP contribution in [0.3, 0.4) is 0 Å². The zero-order chi connectivity index (χ0) is 13.5. The van der Waals surface area contributed by atoms with E-state index in [9.17, 15) is 0 Å². The van der Waals surface area contributed by atoms with E-state index in [-0.39, 0.29) is 0 Å². The normalized spacial score (nSPS) is 17.8. The van der Waals surface area contributed by atoms with Crippen LogP contribution in [-0.4, -0.2) is 23.2 Å². The average molecular weight is 298 g/mol. The summed E-state index contributed by atoms with van der Waals surface area (Å²) in [5, 5.41) is 4.79. The van der Waals surface area contributed by atoms with Gasteiger partial charge in [-0.25, -0.2) is 0 Å². The number of amidine groups is 1. The monoisotopic (exact) mass is 298 g/mol. The van der Waals surface area contributed by atoms with Crippen LogP contribution in [0.5, 0.6) is 0 Å². The first-order valence-corrected chi connectivity index (χ1v) is 8.38. The van der Waals surface area contributed by atoms with Crippen molar-refractivity contribution in [2.24, 2.45) is 4.99 Å². The van der Waals surface area contributed by atoms with Gasteiger partial charge in [0.15, 0.2) is 5.17 Å². The van der Waals surface area contributed by atoms with Crippen molar-refractivity contribution in [3.05, 3.63) is 52.8 Å². The van der Waals surface area contributed by atoms with E-state index in [1.807, 2.05) is 29.2 Å². The van der Waals surface area contributed by atoms with Crippen LogP contribution in [0.1, 0.15) is 12.0 Å². The van der Waals surface area contributed by atoms with Crippen LogP contribution in [0.2, 0.25) is 0 Å². The molecule has 4 rings (SSSR count). The molecule has 0 radical (unpaired) electrons. The topological polar surface area (TPSA) is 15.6 Å². The Kier molecular flexibility index (Phi) is 2.93. The Morgan fingerprint density at radius 3 is 3.15 bits per heavy atom. The fraction of sp³-hybridized carbons (Fsp3) is 0.188. The Hall–Kier alpha value is -1.52. The van der Waals surface area contributed by atoms with Gasteiger partial charge in [-0.3, -0.25) is 4.99 Å². The quantitative estimate of drug-likeness (QED) is 0.772. The Morgan fingerprint density at radius 2 is 2.25 bits per heavy atom. The summed E-state index contributed by atoms with van der Waals surface area (Å²) < 4.78 is 1.35. The molecule has 2 aliphatic heterocycles. The lowest BCUT2D eigenvalue weighted by Crippen LogP contribution is -2.19. The van der Waals surface area contributed by atoms with Gasteiger partial charge < -0.3 is 4.90 Å². The number of allylic oxidation sites excluding steroid dienone is 2. The molecule has 100 valence electrons. The Balaban J connectivity index is 1.91. The molecule has 0 saturated carbocycles. The van der Waals surface area contributed by atoms with Gasteiger partial charge in [-0.05, 0) is 12.5 Å². The van der Waals surface area contributed by atoms with Gasteiger partial charge in [-0.15, -0.1) is 17.9 Å². The first kappa shape index (κ1) is 12.2. The summed E-state index contributed by atoms with van der Waals surface area (Å²) in [6.45, 7) is 5.81. The SMILES string of the molecule is C=CCC1=C(c2csc3ccccc23)N2CCN=C2S1. The van der Waals surface area contributed by atoms with Crippen LogP contribution in [0.4, 0.5) is 0 Å². The molecular formula is C16H14N2S2. The van der Waals surface area contributed by atoms with Crippen molar-refractivity contribution < 1.29 is 0 Å². The van der Waals surface area contributed by atoms with E-state index < -0.39 is 0 Å². The first-order chi connectivity index (χ1) is 9.88. The van der Waals surface area contributed by atoms with Gasteiger partial charge in [-0.1, -0.05) is 36.0 Å². The third-order valence-electron chi connectivity index (χ3n) is 3.62. The zero-order valence-corrected chi connectivity index (χ0v) is 12.6. The summed E-state index contributed by atoms with van der Waals surface area (Å²) in [5.74, 6) is 0. The lowest BCUT2D eigenvalue weighted by Gasteiger charge is -2.16. The molecule has 0 fully saturated rings. The van der Waals surface area contributed by atoms with E-state index in [1.165, 1.54) is 26.3 Å². The summed E-state index contributed by atoms with van der Waals surface area (Å²) >= 11 is 3.63. The van der Waals surface area contributed by atoms with Crippen molar-refractivity contribution in [3.63, 3.8) is 0 Å². The number of rotatable bonds is 3. The average Bonchev–Trinajstić information content (AvgIpc) is 3.13. The second-order valence-corrected chi connectivity index (χ2v) is 6.80.